The fourth-order valence-corrected chi connectivity index (χ4v) is 1.24. The number of carbonyl (C=O) groups excluding carboxylic acids is 1. The molecule has 1 aliphatic heterocycles. The zero-order chi connectivity index (χ0) is 9.68. The van der Waals surface area contributed by atoms with Gasteiger partial charge in [-0.2, -0.15) is 0 Å². The molecule has 0 aromatic heterocycles. The van der Waals surface area contributed by atoms with Crippen molar-refractivity contribution in [3.05, 3.63) is 10.1 Å². The Balaban J connectivity index is 2.52. The van der Waals surface area contributed by atoms with Crippen LogP contribution in [0.15, 0.2) is 10.1 Å². The van der Waals surface area contributed by atoms with Gasteiger partial charge in [0.15, 0.2) is 0 Å². The van der Waals surface area contributed by atoms with E-state index in [0.717, 1.165) is 24.8 Å². The van der Waals surface area contributed by atoms with Crippen LogP contribution in [-0.2, 0) is 9.53 Å². The molecule has 70 valence electrons. The molecule has 0 aromatic rings. The summed E-state index contributed by atoms with van der Waals surface area (Å²) in [5, 5.41) is 0. The van der Waals surface area contributed by atoms with Crippen molar-refractivity contribution in [2.75, 3.05) is 6.61 Å². The van der Waals surface area contributed by atoms with Gasteiger partial charge in [0.2, 0.25) is 0 Å². The Labute approximate surface area is 86.5 Å². The molecule has 0 fully saturated rings. The van der Waals surface area contributed by atoms with Crippen LogP contribution < -0.4 is 0 Å². The summed E-state index contributed by atoms with van der Waals surface area (Å²) in [7, 11) is 0. The first-order valence-electron chi connectivity index (χ1n) is 4.30. The summed E-state index contributed by atoms with van der Waals surface area (Å²) >= 11 is 3.14. The van der Waals surface area contributed by atoms with Crippen LogP contribution in [0, 0.1) is 11.8 Å². The third-order valence-corrected chi connectivity index (χ3v) is 2.49. The van der Waals surface area contributed by atoms with Gasteiger partial charge in [-0.15, -0.1) is 0 Å². The van der Waals surface area contributed by atoms with Gasteiger partial charge in [0.1, 0.15) is 11.1 Å². The standard InChI is InChI=1S/C10H11BrO2/c1-2-3-4-5-6-8-7-13-10(12)9(8)11/h2-4,7H2,1H3. The molecule has 1 rings (SSSR count). The lowest BCUT2D eigenvalue weighted by molar-refractivity contribution is -0.135. The Bertz CT molecular complexity index is 294. The van der Waals surface area contributed by atoms with Crippen LogP contribution in [0.4, 0.5) is 0 Å². The quantitative estimate of drug-likeness (QED) is 0.423. The molecule has 13 heavy (non-hydrogen) atoms. The molecule has 0 saturated carbocycles. The van der Waals surface area contributed by atoms with Crippen LogP contribution in [-0.4, -0.2) is 12.6 Å². The maximum absolute atomic E-state index is 10.9. The summed E-state index contributed by atoms with van der Waals surface area (Å²) in [6, 6.07) is 0. The maximum Gasteiger partial charge on any atom is 0.346 e. The summed E-state index contributed by atoms with van der Waals surface area (Å²) in [4.78, 5) is 10.9. The Morgan fingerprint density at radius 2 is 2.38 bits per heavy atom. The Morgan fingerprint density at radius 3 is 2.92 bits per heavy atom. The van der Waals surface area contributed by atoms with E-state index in [4.69, 9.17) is 4.74 Å². The smallest absolute Gasteiger partial charge is 0.346 e. The van der Waals surface area contributed by atoms with Gasteiger partial charge in [0.25, 0.3) is 0 Å². The normalized spacial score (nSPS) is 15.4. The molecule has 1 heterocycles. The summed E-state index contributed by atoms with van der Waals surface area (Å²) < 4.78 is 5.26. The second-order valence-corrected chi connectivity index (χ2v) is 3.57. The zero-order valence-electron chi connectivity index (χ0n) is 7.52. The number of rotatable bonds is 2. The molecule has 0 amide bonds. The number of unbranched alkanes of at least 4 members (excludes halogenated alkanes) is 2. The van der Waals surface area contributed by atoms with Crippen molar-refractivity contribution in [1.82, 2.24) is 0 Å². The highest BCUT2D eigenvalue weighted by Gasteiger charge is 2.20. The Morgan fingerprint density at radius 1 is 1.62 bits per heavy atom. The van der Waals surface area contributed by atoms with Crippen molar-refractivity contribution in [2.45, 2.75) is 26.2 Å². The van der Waals surface area contributed by atoms with Gasteiger partial charge in [-0.1, -0.05) is 25.2 Å². The first kappa shape index (κ1) is 10.3. The molecule has 1 aliphatic rings. The van der Waals surface area contributed by atoms with Crippen LogP contribution in [0.2, 0.25) is 0 Å². The zero-order valence-corrected chi connectivity index (χ0v) is 9.11. The lowest BCUT2D eigenvalue weighted by Gasteiger charge is -1.87. The van der Waals surface area contributed by atoms with E-state index in [9.17, 15) is 4.79 Å². The highest BCUT2D eigenvalue weighted by Crippen LogP contribution is 2.20. The molecule has 3 heteroatoms. The van der Waals surface area contributed by atoms with Crippen molar-refractivity contribution in [1.29, 1.82) is 0 Å². The average molecular weight is 243 g/mol. The van der Waals surface area contributed by atoms with E-state index in [1.807, 2.05) is 0 Å². The minimum absolute atomic E-state index is 0.306. The van der Waals surface area contributed by atoms with Gasteiger partial charge in [0.05, 0.1) is 5.57 Å². The number of carbonyl (C=O) groups is 1. The highest BCUT2D eigenvalue weighted by atomic mass is 79.9. The molecule has 0 N–H and O–H groups in total. The van der Waals surface area contributed by atoms with Gasteiger partial charge < -0.3 is 4.74 Å². The molecular formula is C10H11BrO2. The van der Waals surface area contributed by atoms with Gasteiger partial charge in [-0.05, 0) is 22.4 Å². The van der Waals surface area contributed by atoms with Crippen LogP contribution in [0.25, 0.3) is 0 Å². The number of ether oxygens (including phenoxy) is 1. The first-order chi connectivity index (χ1) is 6.25. The van der Waals surface area contributed by atoms with Crippen molar-refractivity contribution in [2.24, 2.45) is 0 Å². The number of cyclic esters (lactones) is 1. The lowest BCUT2D eigenvalue weighted by atomic mass is 10.2. The van der Waals surface area contributed by atoms with E-state index >= 15 is 0 Å². The predicted molar refractivity (Wildman–Crippen MR) is 54.2 cm³/mol. The predicted octanol–water partition coefficient (Wildman–Crippen LogP) is 2.39. The molecule has 0 aliphatic carbocycles. The SMILES string of the molecule is CCCCC#CC1=C(Br)C(=O)OC1. The molecule has 0 bridgehead atoms. The summed E-state index contributed by atoms with van der Waals surface area (Å²) in [5.74, 6) is 5.64. The van der Waals surface area contributed by atoms with E-state index in [-0.39, 0.29) is 5.97 Å². The molecule has 2 nitrogen and oxygen atoms in total. The van der Waals surface area contributed by atoms with E-state index in [1.165, 1.54) is 0 Å². The third-order valence-electron chi connectivity index (χ3n) is 1.69. The van der Waals surface area contributed by atoms with Crippen LogP contribution in [0.3, 0.4) is 0 Å². The minimum Gasteiger partial charge on any atom is -0.456 e. The fourth-order valence-electron chi connectivity index (χ4n) is 0.913. The van der Waals surface area contributed by atoms with Crippen molar-refractivity contribution in [3.8, 4) is 11.8 Å². The fraction of sp³-hybridized carbons (Fsp3) is 0.500. The van der Waals surface area contributed by atoms with E-state index in [0.29, 0.717) is 11.1 Å². The number of esters is 1. The van der Waals surface area contributed by atoms with Gasteiger partial charge in [0, 0.05) is 6.42 Å². The monoisotopic (exact) mass is 242 g/mol. The van der Waals surface area contributed by atoms with Crippen molar-refractivity contribution >= 4 is 21.9 Å². The number of halogens is 1. The van der Waals surface area contributed by atoms with Gasteiger partial charge in [-0.25, -0.2) is 4.79 Å². The van der Waals surface area contributed by atoms with Gasteiger partial charge >= 0.3 is 5.97 Å². The Hall–Kier alpha value is -0.750. The molecule has 0 aromatic carbocycles. The van der Waals surface area contributed by atoms with Crippen molar-refractivity contribution in [3.63, 3.8) is 0 Å². The minimum atomic E-state index is -0.306. The molecule has 0 radical (unpaired) electrons. The highest BCUT2D eigenvalue weighted by molar-refractivity contribution is 9.12. The van der Waals surface area contributed by atoms with E-state index in [2.05, 4.69) is 34.7 Å². The topological polar surface area (TPSA) is 26.3 Å². The van der Waals surface area contributed by atoms with Gasteiger partial charge in [-0.3, -0.25) is 0 Å². The molecule has 0 unspecified atom stereocenters. The maximum atomic E-state index is 10.9. The average Bonchev–Trinajstić information content (AvgIpc) is 2.43. The molecule has 0 spiro atoms. The molecular weight excluding hydrogens is 232 g/mol. The molecule has 0 saturated heterocycles. The molecule has 0 atom stereocenters. The number of hydrogen-bond acceptors (Lipinski definition) is 2. The van der Waals surface area contributed by atoms with E-state index in [1.54, 1.807) is 0 Å². The largest absolute Gasteiger partial charge is 0.456 e. The van der Waals surface area contributed by atoms with Crippen LogP contribution in [0.5, 0.6) is 0 Å². The van der Waals surface area contributed by atoms with Crippen LogP contribution >= 0.6 is 15.9 Å². The summed E-state index contributed by atoms with van der Waals surface area (Å²) in [5.41, 5.74) is 0.765. The van der Waals surface area contributed by atoms with E-state index < -0.39 is 0 Å². The number of hydrogen-bond donors (Lipinski definition) is 0. The van der Waals surface area contributed by atoms with Crippen LogP contribution in [0.1, 0.15) is 26.2 Å². The first-order valence-corrected chi connectivity index (χ1v) is 5.09. The second kappa shape index (κ2) is 5.08. The second-order valence-electron chi connectivity index (χ2n) is 2.77. The lowest BCUT2D eigenvalue weighted by Crippen LogP contribution is -1.93. The third kappa shape index (κ3) is 2.89. The van der Waals surface area contributed by atoms with Crippen molar-refractivity contribution < 1.29 is 9.53 Å². The summed E-state index contributed by atoms with van der Waals surface area (Å²) in [6.45, 7) is 2.44. The Kier molecular flexibility index (Phi) is 4.04. The summed E-state index contributed by atoms with van der Waals surface area (Å²) in [6.07, 6.45) is 3.13.